The second-order valence-corrected chi connectivity index (χ2v) is 6.85. The second-order valence-electron chi connectivity index (χ2n) is 6.85. The molecule has 1 aliphatic heterocycles. The third kappa shape index (κ3) is 3.64. The molecule has 10 heteroatoms. The lowest BCUT2D eigenvalue weighted by atomic mass is 10.1. The monoisotopic (exact) mass is 382 g/mol. The third-order valence-electron chi connectivity index (χ3n) is 4.81. The Kier molecular flexibility index (Phi) is 4.88. The number of amides is 1. The van der Waals surface area contributed by atoms with Gasteiger partial charge in [-0.25, -0.2) is 19.9 Å². The SMILES string of the molecule is CC(O)NC1CCN(c2ccnc(-c3cnc4cnc(C(N)=O)cn34)n2)CC1. The molecule has 10 nitrogen and oxygen atoms in total. The van der Waals surface area contributed by atoms with Crippen LogP contribution in [0.1, 0.15) is 30.3 Å². The van der Waals surface area contributed by atoms with Gasteiger partial charge in [0.15, 0.2) is 11.5 Å². The molecule has 1 amide bonds. The Hall–Kier alpha value is -3.11. The summed E-state index contributed by atoms with van der Waals surface area (Å²) in [7, 11) is 0. The second kappa shape index (κ2) is 7.49. The van der Waals surface area contributed by atoms with Crippen molar-refractivity contribution in [3.63, 3.8) is 0 Å². The van der Waals surface area contributed by atoms with Crippen LogP contribution in [-0.4, -0.2) is 60.7 Å². The average Bonchev–Trinajstić information content (AvgIpc) is 3.11. The van der Waals surface area contributed by atoms with Crippen molar-refractivity contribution in [3.8, 4) is 11.5 Å². The van der Waals surface area contributed by atoms with Gasteiger partial charge in [0.05, 0.1) is 12.4 Å². The van der Waals surface area contributed by atoms with Gasteiger partial charge in [-0.3, -0.25) is 14.5 Å². The Morgan fingerprint density at radius 1 is 1.29 bits per heavy atom. The topological polar surface area (TPSA) is 135 Å². The van der Waals surface area contributed by atoms with Crippen molar-refractivity contribution in [3.05, 3.63) is 36.5 Å². The van der Waals surface area contributed by atoms with Gasteiger partial charge in [-0.05, 0) is 25.8 Å². The average molecular weight is 382 g/mol. The number of aliphatic hydroxyl groups excluding tert-OH is 1. The summed E-state index contributed by atoms with van der Waals surface area (Å²) in [5.41, 5.74) is 6.72. The van der Waals surface area contributed by atoms with Crippen LogP contribution >= 0.6 is 0 Å². The fourth-order valence-electron chi connectivity index (χ4n) is 3.45. The van der Waals surface area contributed by atoms with Crippen molar-refractivity contribution in [1.29, 1.82) is 0 Å². The number of carbonyl (C=O) groups excluding carboxylic acids is 1. The van der Waals surface area contributed by atoms with Crippen molar-refractivity contribution < 1.29 is 9.90 Å². The standard InChI is InChI=1S/C18H22N8O2/c1-11(27)23-12-3-6-25(7-4-12)15-2-5-20-18(24-15)14-8-22-16-9-21-13(17(19)28)10-26(14)16/h2,5,8-12,23,27H,3-4,6-7H2,1H3,(H2,19,28). The molecule has 28 heavy (non-hydrogen) atoms. The highest BCUT2D eigenvalue weighted by Crippen LogP contribution is 2.22. The lowest BCUT2D eigenvalue weighted by Gasteiger charge is -2.33. The number of carbonyl (C=O) groups is 1. The molecule has 4 rings (SSSR count). The number of aromatic nitrogens is 5. The van der Waals surface area contributed by atoms with E-state index in [9.17, 15) is 9.90 Å². The van der Waals surface area contributed by atoms with Gasteiger partial charge in [-0.15, -0.1) is 0 Å². The number of imidazole rings is 1. The molecule has 0 bridgehead atoms. The Morgan fingerprint density at radius 2 is 2.07 bits per heavy atom. The Morgan fingerprint density at radius 3 is 2.79 bits per heavy atom. The first-order valence-corrected chi connectivity index (χ1v) is 9.16. The zero-order chi connectivity index (χ0) is 19.7. The van der Waals surface area contributed by atoms with Gasteiger partial charge < -0.3 is 15.7 Å². The molecule has 0 saturated carbocycles. The Balaban J connectivity index is 1.59. The van der Waals surface area contributed by atoms with Crippen molar-refractivity contribution in [1.82, 2.24) is 29.7 Å². The molecule has 4 N–H and O–H groups in total. The molecule has 3 aromatic heterocycles. The summed E-state index contributed by atoms with van der Waals surface area (Å²) < 4.78 is 1.71. The number of primary amides is 1. The number of hydrogen-bond acceptors (Lipinski definition) is 8. The highest BCUT2D eigenvalue weighted by atomic mass is 16.3. The first kappa shape index (κ1) is 18.3. The van der Waals surface area contributed by atoms with E-state index in [0.29, 0.717) is 23.2 Å². The van der Waals surface area contributed by atoms with Gasteiger partial charge in [-0.1, -0.05) is 0 Å². The zero-order valence-corrected chi connectivity index (χ0v) is 15.5. The summed E-state index contributed by atoms with van der Waals surface area (Å²) in [6.07, 6.45) is 7.75. The van der Waals surface area contributed by atoms with E-state index in [1.54, 1.807) is 29.9 Å². The number of aliphatic hydroxyl groups is 1. The van der Waals surface area contributed by atoms with Gasteiger partial charge in [-0.2, -0.15) is 0 Å². The van der Waals surface area contributed by atoms with Gasteiger partial charge in [0.25, 0.3) is 5.91 Å². The van der Waals surface area contributed by atoms with Crippen LogP contribution in [0.3, 0.4) is 0 Å². The van der Waals surface area contributed by atoms with Crippen LogP contribution in [0.5, 0.6) is 0 Å². The predicted octanol–water partition coefficient (Wildman–Crippen LogP) is 0.182. The first-order chi connectivity index (χ1) is 13.5. The normalized spacial score (nSPS) is 16.4. The molecule has 4 heterocycles. The van der Waals surface area contributed by atoms with E-state index in [1.807, 2.05) is 6.07 Å². The Bertz CT molecular complexity index is 994. The van der Waals surface area contributed by atoms with Crippen LogP contribution in [0.4, 0.5) is 5.82 Å². The predicted molar refractivity (Wildman–Crippen MR) is 103 cm³/mol. The molecule has 1 unspecified atom stereocenters. The maximum atomic E-state index is 11.4. The van der Waals surface area contributed by atoms with E-state index in [1.165, 1.54) is 6.20 Å². The van der Waals surface area contributed by atoms with Gasteiger partial charge in [0.2, 0.25) is 0 Å². The number of anilines is 1. The quantitative estimate of drug-likeness (QED) is 0.532. The molecule has 0 aliphatic carbocycles. The fourth-order valence-corrected chi connectivity index (χ4v) is 3.45. The summed E-state index contributed by atoms with van der Waals surface area (Å²) in [4.78, 5) is 31.0. The molecule has 0 spiro atoms. The van der Waals surface area contributed by atoms with Crippen LogP contribution in [-0.2, 0) is 0 Å². The molecular weight excluding hydrogens is 360 g/mol. The van der Waals surface area contributed by atoms with Crippen LogP contribution in [0, 0.1) is 0 Å². The summed E-state index contributed by atoms with van der Waals surface area (Å²) in [6, 6.07) is 2.18. The van der Waals surface area contributed by atoms with Gasteiger partial charge in [0.1, 0.15) is 23.4 Å². The molecule has 1 aliphatic rings. The fraction of sp³-hybridized carbons (Fsp3) is 0.389. The highest BCUT2D eigenvalue weighted by molar-refractivity contribution is 5.90. The van der Waals surface area contributed by atoms with Gasteiger partial charge >= 0.3 is 0 Å². The highest BCUT2D eigenvalue weighted by Gasteiger charge is 2.21. The number of rotatable bonds is 5. The van der Waals surface area contributed by atoms with Crippen LogP contribution in [0.15, 0.2) is 30.9 Å². The maximum absolute atomic E-state index is 11.4. The number of nitrogens with two attached hydrogens (primary N) is 1. The maximum Gasteiger partial charge on any atom is 0.268 e. The number of piperidine rings is 1. The smallest absolute Gasteiger partial charge is 0.268 e. The largest absolute Gasteiger partial charge is 0.379 e. The van der Waals surface area contributed by atoms with E-state index < -0.39 is 12.1 Å². The summed E-state index contributed by atoms with van der Waals surface area (Å²) >= 11 is 0. The molecular formula is C18H22N8O2. The molecule has 3 aromatic rings. The summed E-state index contributed by atoms with van der Waals surface area (Å²) in [6.45, 7) is 3.41. The van der Waals surface area contributed by atoms with E-state index in [4.69, 9.17) is 10.7 Å². The molecule has 1 atom stereocenters. The van der Waals surface area contributed by atoms with Crippen LogP contribution in [0.2, 0.25) is 0 Å². The van der Waals surface area contributed by atoms with Crippen molar-refractivity contribution in [2.75, 3.05) is 18.0 Å². The molecule has 1 fully saturated rings. The van der Waals surface area contributed by atoms with E-state index >= 15 is 0 Å². The van der Waals surface area contributed by atoms with Crippen molar-refractivity contribution in [2.45, 2.75) is 32.0 Å². The molecule has 0 aromatic carbocycles. The van der Waals surface area contributed by atoms with E-state index in [-0.39, 0.29) is 5.69 Å². The molecule has 1 saturated heterocycles. The minimum absolute atomic E-state index is 0.149. The van der Waals surface area contributed by atoms with E-state index in [0.717, 1.165) is 31.7 Å². The Labute approximate surface area is 161 Å². The minimum atomic E-state index is -0.607. The van der Waals surface area contributed by atoms with Crippen LogP contribution < -0.4 is 16.0 Å². The van der Waals surface area contributed by atoms with Crippen molar-refractivity contribution >= 4 is 17.4 Å². The van der Waals surface area contributed by atoms with E-state index in [2.05, 4.69) is 25.2 Å². The van der Waals surface area contributed by atoms with Gasteiger partial charge in [0, 0.05) is 31.5 Å². The third-order valence-corrected chi connectivity index (χ3v) is 4.81. The summed E-state index contributed by atoms with van der Waals surface area (Å²) in [5, 5.41) is 12.6. The summed E-state index contributed by atoms with van der Waals surface area (Å²) in [5.74, 6) is 0.736. The number of nitrogens with one attached hydrogen (secondary N) is 1. The number of hydrogen-bond donors (Lipinski definition) is 3. The lowest BCUT2D eigenvalue weighted by Crippen LogP contribution is -2.45. The number of nitrogens with zero attached hydrogens (tertiary/aromatic N) is 6. The van der Waals surface area contributed by atoms with Crippen molar-refractivity contribution in [2.24, 2.45) is 5.73 Å². The zero-order valence-electron chi connectivity index (χ0n) is 15.5. The minimum Gasteiger partial charge on any atom is -0.379 e. The molecule has 146 valence electrons. The lowest BCUT2D eigenvalue weighted by molar-refractivity contribution is 0.0995. The first-order valence-electron chi connectivity index (χ1n) is 9.16. The molecule has 0 radical (unpaired) electrons. The van der Waals surface area contributed by atoms with Crippen LogP contribution in [0.25, 0.3) is 17.2 Å². The number of fused-ring (bicyclic) bond motifs is 1.